The van der Waals surface area contributed by atoms with Gasteiger partial charge in [-0.3, -0.25) is 9.59 Å². The molecule has 1 amide bonds. The smallest absolute Gasteiger partial charge is 0.416 e. The zero-order valence-electron chi connectivity index (χ0n) is 9.78. The average molecular weight is 273 g/mol. The molecule has 7 heteroatoms. The fourth-order valence-electron chi connectivity index (χ4n) is 2.10. The maximum absolute atomic E-state index is 12.6. The number of carbonyl (C=O) groups is 2. The molecular weight excluding hydrogens is 263 g/mol. The molecule has 0 radical (unpaired) electrons. The lowest BCUT2D eigenvalue weighted by molar-refractivity contribution is -0.143. The third kappa shape index (κ3) is 2.27. The van der Waals surface area contributed by atoms with Crippen LogP contribution in [-0.4, -0.2) is 17.0 Å². The maximum Gasteiger partial charge on any atom is 0.416 e. The summed E-state index contributed by atoms with van der Waals surface area (Å²) in [5.41, 5.74) is -0.587. The van der Waals surface area contributed by atoms with Crippen molar-refractivity contribution in [3.63, 3.8) is 0 Å². The molecule has 0 saturated carbocycles. The summed E-state index contributed by atoms with van der Waals surface area (Å²) < 4.78 is 37.9. The molecule has 0 spiro atoms. The molecule has 2 unspecified atom stereocenters. The van der Waals surface area contributed by atoms with E-state index in [1.165, 1.54) is 6.92 Å². The molecule has 1 heterocycles. The van der Waals surface area contributed by atoms with Crippen molar-refractivity contribution in [2.24, 2.45) is 5.92 Å². The van der Waals surface area contributed by atoms with Gasteiger partial charge in [-0.2, -0.15) is 13.2 Å². The van der Waals surface area contributed by atoms with Gasteiger partial charge in [0.1, 0.15) is 0 Å². The summed E-state index contributed by atoms with van der Waals surface area (Å²) in [5.74, 6) is -4.02. The van der Waals surface area contributed by atoms with E-state index in [0.717, 1.165) is 18.2 Å². The third-order valence-electron chi connectivity index (χ3n) is 3.14. The quantitative estimate of drug-likeness (QED) is 0.869. The topological polar surface area (TPSA) is 66.4 Å². The first-order valence-electron chi connectivity index (χ1n) is 5.46. The van der Waals surface area contributed by atoms with Gasteiger partial charge in [0.25, 0.3) is 0 Å². The number of hydrogen-bond acceptors (Lipinski definition) is 2. The summed E-state index contributed by atoms with van der Waals surface area (Å²) in [6.45, 7) is 1.29. The summed E-state index contributed by atoms with van der Waals surface area (Å²) in [5, 5.41) is 11.3. The van der Waals surface area contributed by atoms with Crippen molar-refractivity contribution in [1.29, 1.82) is 0 Å². The molecule has 102 valence electrons. The number of benzene rings is 1. The van der Waals surface area contributed by atoms with Gasteiger partial charge < -0.3 is 10.4 Å². The van der Waals surface area contributed by atoms with Crippen molar-refractivity contribution >= 4 is 17.6 Å². The predicted octanol–water partition coefficient (Wildman–Crippen LogP) is 2.46. The largest absolute Gasteiger partial charge is 0.481 e. The average Bonchev–Trinajstić information content (AvgIpc) is 2.61. The molecule has 0 bridgehead atoms. The van der Waals surface area contributed by atoms with Gasteiger partial charge in [0.2, 0.25) is 5.91 Å². The van der Waals surface area contributed by atoms with E-state index < -0.39 is 35.5 Å². The van der Waals surface area contributed by atoms with E-state index in [9.17, 15) is 22.8 Å². The second-order valence-corrected chi connectivity index (χ2v) is 4.39. The number of halogens is 3. The summed E-state index contributed by atoms with van der Waals surface area (Å²) in [4.78, 5) is 22.6. The van der Waals surface area contributed by atoms with Gasteiger partial charge >= 0.3 is 12.1 Å². The molecule has 2 N–H and O–H groups in total. The van der Waals surface area contributed by atoms with Crippen molar-refractivity contribution < 1.29 is 27.9 Å². The highest BCUT2D eigenvalue weighted by Gasteiger charge is 2.40. The first-order chi connectivity index (χ1) is 8.71. The summed E-state index contributed by atoms with van der Waals surface area (Å²) in [6, 6.07) is 2.83. The predicted molar refractivity (Wildman–Crippen MR) is 59.6 cm³/mol. The zero-order valence-corrected chi connectivity index (χ0v) is 9.78. The SMILES string of the molecule is CC(C(=O)O)C1C(=O)Nc2ccc(C(F)(F)F)cc21. The van der Waals surface area contributed by atoms with E-state index in [0.29, 0.717) is 0 Å². The number of aliphatic carboxylic acids is 1. The molecule has 2 rings (SSSR count). The standard InChI is InChI=1S/C12H10F3NO3/c1-5(11(18)19)9-7-4-6(12(13,14)15)2-3-8(7)16-10(9)17/h2-5,9H,1H3,(H,16,17)(H,18,19). The van der Waals surface area contributed by atoms with Gasteiger partial charge in [0.05, 0.1) is 17.4 Å². The van der Waals surface area contributed by atoms with Gasteiger partial charge in [-0.1, -0.05) is 6.92 Å². The lowest BCUT2D eigenvalue weighted by Gasteiger charge is -2.14. The highest BCUT2D eigenvalue weighted by atomic mass is 19.4. The Morgan fingerprint density at radius 1 is 1.42 bits per heavy atom. The van der Waals surface area contributed by atoms with Crippen molar-refractivity contribution in [2.75, 3.05) is 5.32 Å². The number of amides is 1. The lowest BCUT2D eigenvalue weighted by Crippen LogP contribution is -2.24. The Kier molecular flexibility index (Phi) is 3.00. The molecule has 1 aromatic carbocycles. The Hall–Kier alpha value is -2.05. The van der Waals surface area contributed by atoms with E-state index in [-0.39, 0.29) is 11.3 Å². The van der Waals surface area contributed by atoms with E-state index >= 15 is 0 Å². The first-order valence-corrected chi connectivity index (χ1v) is 5.46. The van der Waals surface area contributed by atoms with E-state index in [1.807, 2.05) is 0 Å². The van der Waals surface area contributed by atoms with E-state index in [4.69, 9.17) is 5.11 Å². The summed E-state index contributed by atoms with van der Waals surface area (Å²) in [7, 11) is 0. The van der Waals surface area contributed by atoms with Crippen LogP contribution in [0, 0.1) is 5.92 Å². The number of carboxylic acids is 1. The normalized spacial score (nSPS) is 19.8. The van der Waals surface area contributed by atoms with Crippen molar-refractivity contribution in [3.05, 3.63) is 29.3 Å². The van der Waals surface area contributed by atoms with Crippen LogP contribution >= 0.6 is 0 Å². The maximum atomic E-state index is 12.6. The van der Waals surface area contributed by atoms with E-state index in [1.54, 1.807) is 0 Å². The second kappa shape index (κ2) is 4.25. The van der Waals surface area contributed by atoms with Crippen LogP contribution in [0.2, 0.25) is 0 Å². The number of rotatable bonds is 2. The Morgan fingerprint density at radius 2 is 2.05 bits per heavy atom. The number of hydrogen-bond donors (Lipinski definition) is 2. The highest BCUT2D eigenvalue weighted by molar-refractivity contribution is 6.05. The van der Waals surface area contributed by atoms with Crippen molar-refractivity contribution in [2.45, 2.75) is 19.0 Å². The van der Waals surface area contributed by atoms with Crippen molar-refractivity contribution in [1.82, 2.24) is 0 Å². The second-order valence-electron chi connectivity index (χ2n) is 4.39. The van der Waals surface area contributed by atoms with E-state index in [2.05, 4.69) is 5.32 Å². The molecule has 4 nitrogen and oxygen atoms in total. The molecule has 2 atom stereocenters. The molecule has 0 saturated heterocycles. The monoisotopic (exact) mass is 273 g/mol. The first kappa shape index (κ1) is 13.4. The molecule has 0 fully saturated rings. The molecule has 1 aromatic rings. The molecule has 1 aliphatic heterocycles. The number of anilines is 1. The third-order valence-corrected chi connectivity index (χ3v) is 3.14. The van der Waals surface area contributed by atoms with Crippen LogP contribution < -0.4 is 5.32 Å². The molecular formula is C12H10F3NO3. The number of carboxylic acid groups (broad SMARTS) is 1. The molecule has 19 heavy (non-hydrogen) atoms. The highest BCUT2D eigenvalue weighted by Crippen LogP contribution is 2.41. The van der Waals surface area contributed by atoms with Gasteiger partial charge in [-0.05, 0) is 23.8 Å². The lowest BCUT2D eigenvalue weighted by atomic mass is 9.87. The molecule has 0 aliphatic carbocycles. The number of carbonyl (C=O) groups excluding carboxylic acids is 1. The number of fused-ring (bicyclic) bond motifs is 1. The number of nitrogens with one attached hydrogen (secondary N) is 1. The molecule has 0 aromatic heterocycles. The summed E-state index contributed by atoms with van der Waals surface area (Å²) in [6.07, 6.45) is -4.53. The van der Waals surface area contributed by atoms with Crippen LogP contribution in [0.1, 0.15) is 24.0 Å². The minimum Gasteiger partial charge on any atom is -0.481 e. The van der Waals surface area contributed by atoms with Crippen LogP contribution in [0.25, 0.3) is 0 Å². The van der Waals surface area contributed by atoms with Crippen LogP contribution in [0.4, 0.5) is 18.9 Å². The molecule has 1 aliphatic rings. The van der Waals surface area contributed by atoms with Crippen LogP contribution in [0.15, 0.2) is 18.2 Å². The Bertz CT molecular complexity index is 554. The summed E-state index contributed by atoms with van der Waals surface area (Å²) >= 11 is 0. The van der Waals surface area contributed by atoms with Crippen LogP contribution in [-0.2, 0) is 15.8 Å². The van der Waals surface area contributed by atoms with Crippen molar-refractivity contribution in [3.8, 4) is 0 Å². The Morgan fingerprint density at radius 3 is 2.58 bits per heavy atom. The Balaban J connectivity index is 2.49. The minimum atomic E-state index is -4.53. The fourth-order valence-corrected chi connectivity index (χ4v) is 2.10. The van der Waals surface area contributed by atoms with Gasteiger partial charge in [0.15, 0.2) is 0 Å². The van der Waals surface area contributed by atoms with Gasteiger partial charge in [-0.15, -0.1) is 0 Å². The minimum absolute atomic E-state index is 0.0784. The van der Waals surface area contributed by atoms with Gasteiger partial charge in [-0.25, -0.2) is 0 Å². The number of alkyl halides is 3. The van der Waals surface area contributed by atoms with Crippen LogP contribution in [0.3, 0.4) is 0 Å². The fraction of sp³-hybridized carbons (Fsp3) is 0.333. The Labute approximate surface area is 106 Å². The van der Waals surface area contributed by atoms with Gasteiger partial charge in [0, 0.05) is 5.69 Å². The zero-order chi connectivity index (χ0) is 14.4. The van der Waals surface area contributed by atoms with Crippen LogP contribution in [0.5, 0.6) is 0 Å².